The number of nitrogens with one attached hydrogen (secondary N) is 1. The van der Waals surface area contributed by atoms with Crippen LogP contribution in [0.4, 0.5) is 5.69 Å². The van der Waals surface area contributed by atoms with Crippen molar-refractivity contribution in [2.24, 2.45) is 0 Å². The van der Waals surface area contributed by atoms with Crippen LogP contribution in [0.25, 0.3) is 0 Å². The molecule has 4 nitrogen and oxygen atoms in total. The number of anilines is 1. The van der Waals surface area contributed by atoms with Gasteiger partial charge in [0.1, 0.15) is 0 Å². The van der Waals surface area contributed by atoms with E-state index in [0.717, 1.165) is 0 Å². The summed E-state index contributed by atoms with van der Waals surface area (Å²) in [6.45, 7) is 1.65. The van der Waals surface area contributed by atoms with Crippen molar-refractivity contribution in [3.63, 3.8) is 0 Å². The van der Waals surface area contributed by atoms with Crippen molar-refractivity contribution in [1.29, 1.82) is 0 Å². The van der Waals surface area contributed by atoms with Gasteiger partial charge in [0.2, 0.25) is 5.91 Å². The Balaban J connectivity index is 2.93. The van der Waals surface area contributed by atoms with Gasteiger partial charge in [-0.15, -0.1) is 11.6 Å². The normalized spacial score (nSPS) is 9.88. The summed E-state index contributed by atoms with van der Waals surface area (Å²) >= 11 is 5.43. The van der Waals surface area contributed by atoms with Crippen LogP contribution in [-0.4, -0.2) is 22.9 Å². The molecule has 0 atom stereocenters. The molecule has 0 aromatic heterocycles. The monoisotopic (exact) mass is 241 g/mol. The molecule has 0 aliphatic rings. The van der Waals surface area contributed by atoms with Crippen molar-refractivity contribution in [1.82, 2.24) is 0 Å². The summed E-state index contributed by atoms with van der Waals surface area (Å²) in [5.41, 5.74) is 1.23. The lowest BCUT2D eigenvalue weighted by Gasteiger charge is -2.09. The molecule has 0 aliphatic carbocycles. The molecular formula is C11H12ClNO3. The van der Waals surface area contributed by atoms with Crippen LogP contribution < -0.4 is 5.32 Å². The van der Waals surface area contributed by atoms with Crippen molar-refractivity contribution in [2.75, 3.05) is 11.2 Å². The zero-order chi connectivity index (χ0) is 12.1. The van der Waals surface area contributed by atoms with Crippen LogP contribution in [0.5, 0.6) is 0 Å². The lowest BCUT2D eigenvalue weighted by molar-refractivity contribution is -0.115. The minimum atomic E-state index is -1.01. The maximum atomic E-state index is 11.3. The van der Waals surface area contributed by atoms with Crippen LogP contribution in [-0.2, 0) is 4.79 Å². The Hall–Kier alpha value is -1.55. The molecule has 2 N–H and O–H groups in total. The molecule has 0 unspecified atom stereocenters. The van der Waals surface area contributed by atoms with E-state index in [0.29, 0.717) is 11.3 Å². The zero-order valence-electron chi connectivity index (χ0n) is 8.79. The van der Waals surface area contributed by atoms with E-state index in [1.54, 1.807) is 19.1 Å². The van der Waals surface area contributed by atoms with Crippen molar-refractivity contribution in [3.8, 4) is 0 Å². The second kappa shape index (κ2) is 5.51. The van der Waals surface area contributed by atoms with Crippen molar-refractivity contribution in [2.45, 2.75) is 13.3 Å². The summed E-state index contributed by atoms with van der Waals surface area (Å²) in [5.74, 6) is -0.990. The summed E-state index contributed by atoms with van der Waals surface area (Å²) in [6.07, 6.45) is 0.207. The molecule has 16 heavy (non-hydrogen) atoms. The molecule has 1 aromatic rings. The standard InChI is InChI=1S/C11H12ClNO3/c1-7-8(11(15)16)3-2-4-9(7)13-10(14)5-6-12/h2-4H,5-6H2,1H3,(H,13,14)(H,15,16). The maximum absolute atomic E-state index is 11.3. The fraction of sp³-hybridized carbons (Fsp3) is 0.273. The first-order valence-corrected chi connectivity index (χ1v) is 5.28. The molecule has 1 amide bonds. The van der Waals surface area contributed by atoms with E-state index in [2.05, 4.69) is 5.32 Å². The van der Waals surface area contributed by atoms with Crippen LogP contribution in [0.3, 0.4) is 0 Å². The van der Waals surface area contributed by atoms with Gasteiger partial charge in [-0.1, -0.05) is 6.07 Å². The van der Waals surface area contributed by atoms with Gasteiger partial charge in [-0.2, -0.15) is 0 Å². The number of hydrogen-bond acceptors (Lipinski definition) is 2. The predicted molar refractivity (Wildman–Crippen MR) is 62.1 cm³/mol. The highest BCUT2D eigenvalue weighted by Crippen LogP contribution is 2.19. The number of carbonyl (C=O) groups excluding carboxylic acids is 1. The SMILES string of the molecule is Cc1c(NC(=O)CCCl)cccc1C(=O)O. The van der Waals surface area contributed by atoms with Gasteiger partial charge in [0.05, 0.1) is 5.56 Å². The smallest absolute Gasteiger partial charge is 0.336 e. The third-order valence-electron chi connectivity index (χ3n) is 2.16. The van der Waals surface area contributed by atoms with Gasteiger partial charge in [-0.25, -0.2) is 4.79 Å². The predicted octanol–water partition coefficient (Wildman–Crippen LogP) is 2.26. The van der Waals surface area contributed by atoms with Crippen molar-refractivity contribution >= 4 is 29.2 Å². The Morgan fingerprint density at radius 1 is 1.44 bits per heavy atom. The van der Waals surface area contributed by atoms with Gasteiger partial charge in [-0.05, 0) is 24.6 Å². The van der Waals surface area contributed by atoms with E-state index < -0.39 is 5.97 Å². The van der Waals surface area contributed by atoms with Gasteiger partial charge < -0.3 is 10.4 Å². The molecule has 86 valence electrons. The van der Waals surface area contributed by atoms with Crippen LogP contribution in [0.1, 0.15) is 22.3 Å². The van der Waals surface area contributed by atoms with E-state index >= 15 is 0 Å². The molecule has 0 aliphatic heterocycles. The highest BCUT2D eigenvalue weighted by atomic mass is 35.5. The number of halogens is 1. The Bertz CT molecular complexity index is 418. The van der Waals surface area contributed by atoms with Gasteiger partial charge in [-0.3, -0.25) is 4.79 Å². The maximum Gasteiger partial charge on any atom is 0.336 e. The number of amides is 1. The minimum absolute atomic E-state index is 0.184. The summed E-state index contributed by atoms with van der Waals surface area (Å²) in [5, 5.41) is 11.5. The lowest BCUT2D eigenvalue weighted by Crippen LogP contribution is -2.13. The van der Waals surface area contributed by atoms with E-state index in [1.165, 1.54) is 6.07 Å². The Morgan fingerprint density at radius 3 is 2.69 bits per heavy atom. The molecule has 0 saturated carbocycles. The number of rotatable bonds is 4. The molecule has 0 heterocycles. The van der Waals surface area contributed by atoms with E-state index in [9.17, 15) is 9.59 Å². The fourth-order valence-corrected chi connectivity index (χ4v) is 1.47. The quantitative estimate of drug-likeness (QED) is 0.795. The van der Waals surface area contributed by atoms with E-state index in [4.69, 9.17) is 16.7 Å². The lowest BCUT2D eigenvalue weighted by atomic mass is 10.1. The first-order valence-electron chi connectivity index (χ1n) is 4.75. The first kappa shape index (κ1) is 12.5. The molecule has 5 heteroatoms. The number of benzene rings is 1. The molecule has 0 radical (unpaired) electrons. The fourth-order valence-electron chi connectivity index (χ4n) is 1.30. The third kappa shape index (κ3) is 2.97. The number of carboxylic acid groups (broad SMARTS) is 1. The first-order chi connectivity index (χ1) is 7.56. The third-order valence-corrected chi connectivity index (χ3v) is 2.35. The number of carbonyl (C=O) groups is 2. The summed E-state index contributed by atoms with van der Waals surface area (Å²) in [7, 11) is 0. The number of hydrogen-bond donors (Lipinski definition) is 2. The van der Waals surface area contributed by atoms with E-state index in [1.807, 2.05) is 0 Å². The Labute approximate surface area is 98.2 Å². The van der Waals surface area contributed by atoms with Gasteiger partial charge in [0.25, 0.3) is 0 Å². The second-order valence-electron chi connectivity index (χ2n) is 3.27. The number of carboxylic acids is 1. The van der Waals surface area contributed by atoms with Gasteiger partial charge in [0, 0.05) is 18.0 Å². The number of aromatic carboxylic acids is 1. The zero-order valence-corrected chi connectivity index (χ0v) is 9.54. The number of alkyl halides is 1. The second-order valence-corrected chi connectivity index (χ2v) is 3.65. The molecule has 0 saturated heterocycles. The van der Waals surface area contributed by atoms with Crippen molar-refractivity contribution in [3.05, 3.63) is 29.3 Å². The van der Waals surface area contributed by atoms with Gasteiger partial charge in [0.15, 0.2) is 0 Å². The Morgan fingerprint density at radius 2 is 2.12 bits per heavy atom. The van der Waals surface area contributed by atoms with Crippen LogP contribution in [0.2, 0.25) is 0 Å². The molecule has 1 rings (SSSR count). The summed E-state index contributed by atoms with van der Waals surface area (Å²) in [4.78, 5) is 22.2. The van der Waals surface area contributed by atoms with Crippen LogP contribution in [0.15, 0.2) is 18.2 Å². The van der Waals surface area contributed by atoms with Crippen LogP contribution in [0, 0.1) is 6.92 Å². The highest BCUT2D eigenvalue weighted by Gasteiger charge is 2.11. The summed E-state index contributed by atoms with van der Waals surface area (Å²) in [6, 6.07) is 4.75. The molecular weight excluding hydrogens is 230 g/mol. The van der Waals surface area contributed by atoms with Crippen molar-refractivity contribution < 1.29 is 14.7 Å². The van der Waals surface area contributed by atoms with Crippen LogP contribution >= 0.6 is 11.6 Å². The minimum Gasteiger partial charge on any atom is -0.478 e. The molecule has 0 fully saturated rings. The highest BCUT2D eigenvalue weighted by molar-refractivity contribution is 6.19. The van der Waals surface area contributed by atoms with Gasteiger partial charge >= 0.3 is 5.97 Å². The largest absolute Gasteiger partial charge is 0.478 e. The topological polar surface area (TPSA) is 66.4 Å². The Kier molecular flexibility index (Phi) is 4.31. The summed E-state index contributed by atoms with van der Waals surface area (Å²) < 4.78 is 0. The average molecular weight is 242 g/mol. The molecule has 0 spiro atoms. The average Bonchev–Trinajstić information content (AvgIpc) is 2.21. The van der Waals surface area contributed by atoms with E-state index in [-0.39, 0.29) is 23.8 Å². The molecule has 0 bridgehead atoms. The molecule has 1 aromatic carbocycles.